The number of nitrogens with zero attached hydrogens (tertiary/aromatic N) is 4. The minimum atomic E-state index is 0.0945. The molecule has 0 fully saturated rings. The summed E-state index contributed by atoms with van der Waals surface area (Å²) in [5.41, 5.74) is 2.16. The van der Waals surface area contributed by atoms with Gasteiger partial charge in [-0.15, -0.1) is 0 Å². The van der Waals surface area contributed by atoms with Gasteiger partial charge in [-0.25, -0.2) is 0 Å². The molecular weight excluding hydrogens is 271 g/mol. The highest BCUT2D eigenvalue weighted by Crippen LogP contribution is 2.26. The van der Waals surface area contributed by atoms with E-state index in [4.69, 9.17) is 23.2 Å². The van der Waals surface area contributed by atoms with Gasteiger partial charge < -0.3 is 4.90 Å². The van der Waals surface area contributed by atoms with Crippen LogP contribution in [0.15, 0.2) is 24.3 Å². The van der Waals surface area contributed by atoms with Crippen molar-refractivity contribution in [3.8, 4) is 0 Å². The van der Waals surface area contributed by atoms with E-state index in [0.717, 1.165) is 11.3 Å². The normalized spacial score (nSPS) is 10.4. The van der Waals surface area contributed by atoms with Crippen molar-refractivity contribution in [1.29, 1.82) is 0 Å². The predicted molar refractivity (Wildman–Crippen MR) is 73.7 cm³/mol. The number of rotatable bonds is 3. The van der Waals surface area contributed by atoms with Crippen LogP contribution in [0.25, 0.3) is 0 Å². The molecule has 2 aromatic rings. The van der Waals surface area contributed by atoms with E-state index in [-0.39, 0.29) is 10.6 Å². The third-order valence-corrected chi connectivity index (χ3v) is 2.87. The molecule has 1 aromatic carbocycles. The van der Waals surface area contributed by atoms with Crippen molar-refractivity contribution < 1.29 is 0 Å². The molecule has 0 aliphatic heterocycles. The lowest BCUT2D eigenvalue weighted by Gasteiger charge is -2.22. The molecule has 0 N–H and O–H groups in total. The van der Waals surface area contributed by atoms with Crippen LogP contribution in [-0.2, 0) is 0 Å². The fourth-order valence-electron chi connectivity index (χ4n) is 1.72. The van der Waals surface area contributed by atoms with E-state index in [0.29, 0.717) is 12.5 Å². The second-order valence-corrected chi connectivity index (χ2v) is 4.38. The molecule has 0 spiro atoms. The molecule has 4 nitrogen and oxygen atoms in total. The predicted octanol–water partition coefficient (Wildman–Crippen LogP) is 3.64. The third-order valence-electron chi connectivity index (χ3n) is 2.53. The second-order valence-electron chi connectivity index (χ2n) is 3.70. The molecule has 0 atom stereocenters. The number of anilines is 2. The highest BCUT2D eigenvalue weighted by atomic mass is 35.5. The van der Waals surface area contributed by atoms with Crippen molar-refractivity contribution in [1.82, 2.24) is 15.0 Å². The first-order valence-corrected chi connectivity index (χ1v) is 6.27. The molecule has 0 aliphatic rings. The number of para-hydroxylation sites is 1. The van der Waals surface area contributed by atoms with Crippen LogP contribution < -0.4 is 4.90 Å². The minimum Gasteiger partial charge on any atom is -0.310 e. The van der Waals surface area contributed by atoms with E-state index >= 15 is 0 Å². The van der Waals surface area contributed by atoms with E-state index in [1.54, 1.807) is 0 Å². The molecule has 0 bridgehead atoms. The summed E-state index contributed by atoms with van der Waals surface area (Å²) in [6.45, 7) is 4.75. The molecule has 6 heteroatoms. The lowest BCUT2D eigenvalue weighted by molar-refractivity contribution is 0.917. The Kier molecular flexibility index (Phi) is 3.99. The number of hydrogen-bond donors (Lipinski definition) is 0. The van der Waals surface area contributed by atoms with Crippen molar-refractivity contribution in [2.45, 2.75) is 13.8 Å². The number of aromatic nitrogens is 3. The van der Waals surface area contributed by atoms with E-state index in [1.807, 2.05) is 43.0 Å². The Morgan fingerprint density at radius 3 is 2.22 bits per heavy atom. The van der Waals surface area contributed by atoms with Gasteiger partial charge in [-0.1, -0.05) is 18.2 Å². The van der Waals surface area contributed by atoms with Gasteiger partial charge >= 0.3 is 0 Å². The zero-order valence-electron chi connectivity index (χ0n) is 10.1. The fraction of sp³-hybridized carbons (Fsp3) is 0.250. The molecule has 0 amide bonds. The van der Waals surface area contributed by atoms with Gasteiger partial charge in [-0.05, 0) is 48.7 Å². The Bertz CT molecular complexity index is 539. The molecule has 0 saturated carbocycles. The van der Waals surface area contributed by atoms with Gasteiger partial charge in [-0.3, -0.25) is 0 Å². The summed E-state index contributed by atoms with van der Waals surface area (Å²) in [7, 11) is 0. The molecule has 94 valence electrons. The first-order valence-electron chi connectivity index (χ1n) is 5.52. The second kappa shape index (κ2) is 5.50. The summed E-state index contributed by atoms with van der Waals surface area (Å²) in [5, 5.41) is 0.189. The molecule has 1 aromatic heterocycles. The minimum absolute atomic E-state index is 0.0945. The van der Waals surface area contributed by atoms with Gasteiger partial charge in [0, 0.05) is 12.2 Å². The van der Waals surface area contributed by atoms with Crippen LogP contribution in [0.3, 0.4) is 0 Å². The zero-order valence-corrected chi connectivity index (χ0v) is 11.6. The fourth-order valence-corrected chi connectivity index (χ4v) is 2.08. The molecule has 0 aliphatic carbocycles. The van der Waals surface area contributed by atoms with Crippen molar-refractivity contribution in [2.75, 3.05) is 11.4 Å². The molecule has 0 saturated heterocycles. The molecule has 2 rings (SSSR count). The Morgan fingerprint density at radius 2 is 1.67 bits per heavy atom. The lowest BCUT2D eigenvalue weighted by Crippen LogP contribution is -2.20. The lowest BCUT2D eigenvalue weighted by atomic mass is 10.2. The van der Waals surface area contributed by atoms with Crippen molar-refractivity contribution in [3.05, 3.63) is 40.4 Å². The highest BCUT2D eigenvalue weighted by molar-refractivity contribution is 6.31. The summed E-state index contributed by atoms with van der Waals surface area (Å²) < 4.78 is 0. The molecule has 18 heavy (non-hydrogen) atoms. The van der Waals surface area contributed by atoms with E-state index in [1.165, 1.54) is 0 Å². The summed E-state index contributed by atoms with van der Waals surface area (Å²) in [6.07, 6.45) is 0. The quantitative estimate of drug-likeness (QED) is 0.862. The monoisotopic (exact) mass is 282 g/mol. The maximum absolute atomic E-state index is 5.81. The maximum Gasteiger partial charge on any atom is 0.235 e. The van der Waals surface area contributed by atoms with Crippen LogP contribution in [0.4, 0.5) is 11.6 Å². The Balaban J connectivity index is 2.48. The maximum atomic E-state index is 5.81. The van der Waals surface area contributed by atoms with Crippen LogP contribution >= 0.6 is 23.2 Å². The number of benzene rings is 1. The van der Waals surface area contributed by atoms with Crippen LogP contribution in [0, 0.1) is 6.92 Å². The van der Waals surface area contributed by atoms with Crippen molar-refractivity contribution in [3.63, 3.8) is 0 Å². The Labute approximate surface area is 116 Å². The van der Waals surface area contributed by atoms with Crippen LogP contribution in [0.1, 0.15) is 12.5 Å². The third kappa shape index (κ3) is 2.71. The SMILES string of the molecule is CCN(c1nc(Cl)nc(Cl)n1)c1ccccc1C. The van der Waals surface area contributed by atoms with Gasteiger partial charge in [-0.2, -0.15) is 15.0 Å². The summed E-state index contributed by atoms with van der Waals surface area (Å²) in [5.74, 6) is 0.455. The number of halogens is 2. The number of aryl methyl sites for hydroxylation is 1. The average Bonchev–Trinajstić information content (AvgIpc) is 2.31. The Morgan fingerprint density at radius 1 is 1.06 bits per heavy atom. The van der Waals surface area contributed by atoms with Gasteiger partial charge in [0.05, 0.1) is 0 Å². The van der Waals surface area contributed by atoms with Crippen LogP contribution in [0.2, 0.25) is 10.6 Å². The first kappa shape index (κ1) is 13.1. The molecular formula is C12H12Cl2N4. The van der Waals surface area contributed by atoms with Crippen molar-refractivity contribution in [2.24, 2.45) is 0 Å². The van der Waals surface area contributed by atoms with E-state index < -0.39 is 0 Å². The van der Waals surface area contributed by atoms with E-state index in [9.17, 15) is 0 Å². The summed E-state index contributed by atoms with van der Waals surface area (Å²) in [4.78, 5) is 13.9. The zero-order chi connectivity index (χ0) is 13.1. The summed E-state index contributed by atoms with van der Waals surface area (Å²) in [6, 6.07) is 7.99. The molecule has 0 radical (unpaired) electrons. The Hall–Kier alpha value is -1.39. The molecule has 0 unspecified atom stereocenters. The van der Waals surface area contributed by atoms with Gasteiger partial charge in [0.25, 0.3) is 0 Å². The van der Waals surface area contributed by atoms with Crippen molar-refractivity contribution >= 4 is 34.8 Å². The largest absolute Gasteiger partial charge is 0.310 e. The first-order chi connectivity index (χ1) is 8.61. The average molecular weight is 283 g/mol. The smallest absolute Gasteiger partial charge is 0.235 e. The van der Waals surface area contributed by atoms with Crippen LogP contribution in [0.5, 0.6) is 0 Å². The van der Waals surface area contributed by atoms with Crippen LogP contribution in [-0.4, -0.2) is 21.5 Å². The number of hydrogen-bond acceptors (Lipinski definition) is 4. The van der Waals surface area contributed by atoms with Gasteiger partial charge in [0.1, 0.15) is 0 Å². The van der Waals surface area contributed by atoms with Gasteiger partial charge in [0.2, 0.25) is 16.5 Å². The summed E-state index contributed by atoms with van der Waals surface area (Å²) >= 11 is 11.6. The standard InChI is InChI=1S/C12H12Cl2N4/c1-3-18(9-7-5-4-6-8(9)2)12-16-10(13)15-11(14)17-12/h4-7H,3H2,1-2H3. The highest BCUT2D eigenvalue weighted by Gasteiger charge is 2.14. The van der Waals surface area contributed by atoms with Gasteiger partial charge in [0.15, 0.2) is 0 Å². The van der Waals surface area contributed by atoms with E-state index in [2.05, 4.69) is 15.0 Å². The topological polar surface area (TPSA) is 41.9 Å². The molecule has 1 heterocycles.